The van der Waals surface area contributed by atoms with Gasteiger partial charge < -0.3 is 10.1 Å². The van der Waals surface area contributed by atoms with Crippen molar-refractivity contribution in [3.05, 3.63) is 51.4 Å². The van der Waals surface area contributed by atoms with E-state index in [2.05, 4.69) is 73.1 Å². The SMILES string of the molecule is CCCCC(CNc1ccccc1)NSc1cc(OC)c(Br)cc1Br. The molecule has 0 aliphatic heterocycles. The molecule has 0 amide bonds. The van der Waals surface area contributed by atoms with Crippen molar-refractivity contribution in [2.75, 3.05) is 19.0 Å². The van der Waals surface area contributed by atoms with Crippen LogP contribution in [-0.4, -0.2) is 19.7 Å². The lowest BCUT2D eigenvalue weighted by molar-refractivity contribution is 0.411. The Hall–Kier alpha value is -0.690. The van der Waals surface area contributed by atoms with Crippen LogP contribution in [-0.2, 0) is 0 Å². The summed E-state index contributed by atoms with van der Waals surface area (Å²) in [6.45, 7) is 3.12. The number of anilines is 1. The molecule has 1 unspecified atom stereocenters. The molecule has 2 rings (SSSR count). The Morgan fingerprint density at radius 3 is 2.56 bits per heavy atom. The molecule has 0 heterocycles. The summed E-state index contributed by atoms with van der Waals surface area (Å²) in [7, 11) is 1.68. The molecule has 0 saturated carbocycles. The van der Waals surface area contributed by atoms with Crippen molar-refractivity contribution in [3.63, 3.8) is 0 Å². The van der Waals surface area contributed by atoms with Crippen LogP contribution >= 0.6 is 43.8 Å². The summed E-state index contributed by atoms with van der Waals surface area (Å²) in [4.78, 5) is 1.11. The summed E-state index contributed by atoms with van der Waals surface area (Å²) in [5.74, 6) is 0.833. The number of nitrogens with one attached hydrogen (secondary N) is 2. The minimum atomic E-state index is 0.381. The molecule has 0 bridgehead atoms. The normalized spacial score (nSPS) is 12.0. The highest BCUT2D eigenvalue weighted by Crippen LogP contribution is 2.36. The van der Waals surface area contributed by atoms with Gasteiger partial charge in [0.15, 0.2) is 0 Å². The van der Waals surface area contributed by atoms with E-state index in [1.54, 1.807) is 19.1 Å². The number of benzene rings is 2. The largest absolute Gasteiger partial charge is 0.496 e. The predicted molar refractivity (Wildman–Crippen MR) is 116 cm³/mol. The van der Waals surface area contributed by atoms with E-state index in [1.807, 2.05) is 18.2 Å². The topological polar surface area (TPSA) is 33.3 Å². The minimum Gasteiger partial charge on any atom is -0.496 e. The monoisotopic (exact) mass is 486 g/mol. The van der Waals surface area contributed by atoms with Gasteiger partial charge in [-0.2, -0.15) is 0 Å². The summed E-state index contributed by atoms with van der Waals surface area (Å²) in [6, 6.07) is 14.8. The second-order valence-electron chi connectivity index (χ2n) is 5.72. The number of unbranched alkanes of at least 4 members (excludes halogenated alkanes) is 1. The van der Waals surface area contributed by atoms with Gasteiger partial charge in [-0.15, -0.1) is 0 Å². The average Bonchev–Trinajstić information content (AvgIpc) is 2.63. The molecule has 0 aliphatic rings. The van der Waals surface area contributed by atoms with Crippen molar-refractivity contribution >= 4 is 49.5 Å². The average molecular weight is 488 g/mol. The molecular formula is C19H24Br2N2OS. The quantitative estimate of drug-likeness (QED) is 0.375. The maximum atomic E-state index is 5.40. The Labute approximate surface area is 171 Å². The molecule has 0 spiro atoms. The van der Waals surface area contributed by atoms with E-state index >= 15 is 0 Å². The van der Waals surface area contributed by atoms with Crippen LogP contribution < -0.4 is 14.8 Å². The van der Waals surface area contributed by atoms with Crippen LogP contribution in [0.1, 0.15) is 26.2 Å². The third kappa shape index (κ3) is 6.85. The van der Waals surface area contributed by atoms with Crippen molar-refractivity contribution in [1.82, 2.24) is 4.72 Å². The van der Waals surface area contributed by atoms with Crippen LogP contribution in [0.3, 0.4) is 0 Å². The molecule has 2 N–H and O–H groups in total. The number of methoxy groups -OCH3 is 1. The number of hydrogen-bond acceptors (Lipinski definition) is 4. The molecule has 6 heteroatoms. The van der Waals surface area contributed by atoms with E-state index in [9.17, 15) is 0 Å². The standard InChI is InChI=1S/C19H24Br2N2OS/c1-3-4-8-15(13-22-14-9-6-5-7-10-14)23-25-19-12-18(24-2)16(20)11-17(19)21/h5-7,9-12,15,22-23H,3-4,8,13H2,1-2H3. The molecule has 2 aromatic rings. The maximum absolute atomic E-state index is 5.40. The minimum absolute atomic E-state index is 0.381. The van der Waals surface area contributed by atoms with Crippen LogP contribution in [0.5, 0.6) is 5.75 Å². The Morgan fingerprint density at radius 2 is 1.88 bits per heavy atom. The van der Waals surface area contributed by atoms with Crippen LogP contribution in [0.4, 0.5) is 5.69 Å². The van der Waals surface area contributed by atoms with Gasteiger partial charge in [0.1, 0.15) is 5.75 Å². The smallest absolute Gasteiger partial charge is 0.134 e. The highest BCUT2D eigenvalue weighted by Gasteiger charge is 2.12. The van der Waals surface area contributed by atoms with Gasteiger partial charge in [0.2, 0.25) is 0 Å². The zero-order chi connectivity index (χ0) is 18.1. The van der Waals surface area contributed by atoms with Gasteiger partial charge in [-0.25, -0.2) is 0 Å². The molecule has 0 aromatic heterocycles. The van der Waals surface area contributed by atoms with E-state index < -0.39 is 0 Å². The third-order valence-corrected chi connectivity index (χ3v) is 6.32. The van der Waals surface area contributed by atoms with Gasteiger partial charge >= 0.3 is 0 Å². The molecule has 2 aromatic carbocycles. The molecule has 0 fully saturated rings. The highest BCUT2D eigenvalue weighted by atomic mass is 79.9. The van der Waals surface area contributed by atoms with Crippen molar-refractivity contribution in [2.45, 2.75) is 37.1 Å². The summed E-state index contributed by atoms with van der Waals surface area (Å²) < 4.78 is 11.0. The molecule has 0 saturated heterocycles. The van der Waals surface area contributed by atoms with Crippen molar-refractivity contribution in [2.24, 2.45) is 0 Å². The first-order valence-electron chi connectivity index (χ1n) is 8.38. The Kier molecular flexibility index (Phi) is 9.17. The number of hydrogen-bond donors (Lipinski definition) is 2. The molecule has 1 atom stereocenters. The fraction of sp³-hybridized carbons (Fsp3) is 0.368. The van der Waals surface area contributed by atoms with Crippen LogP contribution in [0.25, 0.3) is 0 Å². The Balaban J connectivity index is 1.97. The Morgan fingerprint density at radius 1 is 1.12 bits per heavy atom. The van der Waals surface area contributed by atoms with E-state index in [0.717, 1.165) is 38.2 Å². The van der Waals surface area contributed by atoms with Gasteiger partial charge in [0.05, 0.1) is 11.6 Å². The van der Waals surface area contributed by atoms with Crippen molar-refractivity contribution < 1.29 is 4.74 Å². The molecular weight excluding hydrogens is 464 g/mol. The van der Waals surface area contributed by atoms with Crippen LogP contribution in [0, 0.1) is 0 Å². The molecule has 136 valence electrons. The maximum Gasteiger partial charge on any atom is 0.134 e. The van der Waals surface area contributed by atoms with Gasteiger partial charge in [-0.3, -0.25) is 4.72 Å². The first-order chi connectivity index (χ1) is 12.1. The lowest BCUT2D eigenvalue weighted by Crippen LogP contribution is -2.31. The van der Waals surface area contributed by atoms with Gasteiger partial charge in [-0.05, 0) is 74.5 Å². The summed E-state index contributed by atoms with van der Waals surface area (Å²) in [5.41, 5.74) is 1.15. The fourth-order valence-electron chi connectivity index (χ4n) is 2.34. The van der Waals surface area contributed by atoms with Crippen LogP contribution in [0.15, 0.2) is 56.3 Å². The van der Waals surface area contributed by atoms with E-state index in [0.29, 0.717) is 6.04 Å². The Bertz CT molecular complexity index is 655. The fourth-order valence-corrected chi connectivity index (χ4v) is 4.56. The number of ether oxygens (including phenoxy) is 1. The number of para-hydroxylation sites is 1. The van der Waals surface area contributed by atoms with E-state index in [-0.39, 0.29) is 0 Å². The molecule has 3 nitrogen and oxygen atoms in total. The second-order valence-corrected chi connectivity index (χ2v) is 8.31. The summed E-state index contributed by atoms with van der Waals surface area (Å²) in [6.07, 6.45) is 3.54. The predicted octanol–water partition coefficient (Wildman–Crippen LogP) is 6.49. The first-order valence-corrected chi connectivity index (χ1v) is 10.8. The van der Waals surface area contributed by atoms with Gasteiger partial charge in [0, 0.05) is 27.6 Å². The van der Waals surface area contributed by atoms with Crippen molar-refractivity contribution in [1.29, 1.82) is 0 Å². The zero-order valence-electron chi connectivity index (χ0n) is 14.5. The summed E-state index contributed by atoms with van der Waals surface area (Å²) >= 11 is 8.78. The van der Waals surface area contributed by atoms with E-state index in [1.165, 1.54) is 12.8 Å². The zero-order valence-corrected chi connectivity index (χ0v) is 18.5. The van der Waals surface area contributed by atoms with Gasteiger partial charge in [-0.1, -0.05) is 38.0 Å². The number of rotatable bonds is 10. The van der Waals surface area contributed by atoms with Crippen molar-refractivity contribution in [3.8, 4) is 5.75 Å². The van der Waals surface area contributed by atoms with E-state index in [4.69, 9.17) is 4.74 Å². The number of halogens is 2. The lowest BCUT2D eigenvalue weighted by Gasteiger charge is -2.20. The lowest BCUT2D eigenvalue weighted by atomic mass is 10.1. The van der Waals surface area contributed by atoms with Crippen LogP contribution in [0.2, 0.25) is 0 Å². The summed E-state index contributed by atoms with van der Waals surface area (Å²) in [5, 5.41) is 3.52. The first kappa shape index (κ1) is 20.6. The molecule has 0 radical (unpaired) electrons. The highest BCUT2D eigenvalue weighted by molar-refractivity contribution is 9.11. The molecule has 25 heavy (non-hydrogen) atoms. The second kappa shape index (κ2) is 11.1. The molecule has 0 aliphatic carbocycles. The van der Waals surface area contributed by atoms with Gasteiger partial charge in [0.25, 0.3) is 0 Å². The third-order valence-electron chi connectivity index (χ3n) is 3.77.